The monoisotopic (exact) mass is 329 g/mol. The molecule has 2 aromatic rings. The number of methoxy groups -OCH3 is 1. The van der Waals surface area contributed by atoms with E-state index in [-0.39, 0.29) is 10.6 Å². The number of aryl methyl sites for hydroxylation is 1. The average molecular weight is 330 g/mol. The van der Waals surface area contributed by atoms with Gasteiger partial charge in [-0.2, -0.15) is 0 Å². The Bertz CT molecular complexity index is 825. The van der Waals surface area contributed by atoms with Crippen LogP contribution >= 0.6 is 11.6 Å². The van der Waals surface area contributed by atoms with Gasteiger partial charge in [-0.25, -0.2) is 9.69 Å². The van der Waals surface area contributed by atoms with Crippen LogP contribution in [-0.2, 0) is 4.74 Å². The Kier molecular flexibility index (Phi) is 3.66. The Morgan fingerprint density at radius 1 is 1.09 bits per heavy atom. The van der Waals surface area contributed by atoms with Crippen molar-refractivity contribution in [1.82, 2.24) is 0 Å². The predicted molar refractivity (Wildman–Crippen MR) is 85.1 cm³/mol. The summed E-state index contributed by atoms with van der Waals surface area (Å²) in [5.41, 5.74) is 1.82. The molecule has 0 N–H and O–H groups in total. The number of nitrogens with zero attached hydrogens (tertiary/aromatic N) is 1. The summed E-state index contributed by atoms with van der Waals surface area (Å²) in [4.78, 5) is 37.8. The molecule has 0 fully saturated rings. The molecular weight excluding hydrogens is 318 g/mol. The van der Waals surface area contributed by atoms with E-state index < -0.39 is 17.8 Å². The molecule has 2 amide bonds. The van der Waals surface area contributed by atoms with Gasteiger partial charge in [-0.3, -0.25) is 9.59 Å². The number of benzene rings is 2. The average Bonchev–Trinajstić information content (AvgIpc) is 2.80. The predicted octanol–water partition coefficient (Wildman–Crippen LogP) is 3.24. The molecule has 0 unspecified atom stereocenters. The van der Waals surface area contributed by atoms with Gasteiger partial charge >= 0.3 is 5.97 Å². The zero-order chi connectivity index (χ0) is 16.7. The molecule has 1 aliphatic heterocycles. The van der Waals surface area contributed by atoms with Crippen LogP contribution < -0.4 is 4.90 Å². The van der Waals surface area contributed by atoms with Crippen LogP contribution in [0.2, 0.25) is 5.02 Å². The molecule has 5 nitrogen and oxygen atoms in total. The fourth-order valence-corrected chi connectivity index (χ4v) is 2.82. The van der Waals surface area contributed by atoms with Gasteiger partial charge in [0.05, 0.1) is 34.5 Å². The van der Waals surface area contributed by atoms with E-state index in [1.807, 2.05) is 0 Å². The van der Waals surface area contributed by atoms with E-state index >= 15 is 0 Å². The minimum atomic E-state index is -0.577. The fraction of sp³-hybridized carbons (Fsp3) is 0.118. The number of amides is 2. The summed E-state index contributed by atoms with van der Waals surface area (Å²) in [7, 11) is 1.26. The summed E-state index contributed by atoms with van der Waals surface area (Å²) >= 11 is 6.11. The van der Waals surface area contributed by atoms with E-state index in [2.05, 4.69) is 4.74 Å². The van der Waals surface area contributed by atoms with Gasteiger partial charge in [0.1, 0.15) is 0 Å². The highest BCUT2D eigenvalue weighted by Gasteiger charge is 2.37. The largest absolute Gasteiger partial charge is 0.465 e. The van der Waals surface area contributed by atoms with Gasteiger partial charge in [-0.15, -0.1) is 0 Å². The van der Waals surface area contributed by atoms with Crippen molar-refractivity contribution in [3.8, 4) is 0 Å². The Hall–Kier alpha value is -2.66. The zero-order valence-electron chi connectivity index (χ0n) is 12.4. The van der Waals surface area contributed by atoms with Gasteiger partial charge < -0.3 is 4.74 Å². The zero-order valence-corrected chi connectivity index (χ0v) is 13.2. The summed E-state index contributed by atoms with van der Waals surface area (Å²) in [6.45, 7) is 1.70. The lowest BCUT2D eigenvalue weighted by Gasteiger charge is -2.18. The number of carbonyl (C=O) groups is 3. The summed E-state index contributed by atoms with van der Waals surface area (Å²) in [6.07, 6.45) is 0. The topological polar surface area (TPSA) is 63.7 Å². The molecule has 0 atom stereocenters. The molecule has 0 aromatic heterocycles. The van der Waals surface area contributed by atoms with Crippen molar-refractivity contribution >= 4 is 35.1 Å². The second-order valence-corrected chi connectivity index (χ2v) is 5.51. The van der Waals surface area contributed by atoms with Crippen molar-refractivity contribution < 1.29 is 19.1 Å². The van der Waals surface area contributed by atoms with Crippen molar-refractivity contribution in [3.63, 3.8) is 0 Å². The first-order chi connectivity index (χ1) is 11.0. The maximum atomic E-state index is 12.5. The highest BCUT2D eigenvalue weighted by molar-refractivity contribution is 6.37. The summed E-state index contributed by atoms with van der Waals surface area (Å²) in [5.74, 6) is -1.39. The van der Waals surface area contributed by atoms with Gasteiger partial charge in [0.15, 0.2) is 0 Å². The molecule has 23 heavy (non-hydrogen) atoms. The third kappa shape index (κ3) is 2.29. The van der Waals surface area contributed by atoms with E-state index in [0.29, 0.717) is 22.4 Å². The number of rotatable bonds is 2. The van der Waals surface area contributed by atoms with Crippen LogP contribution in [0.4, 0.5) is 5.69 Å². The van der Waals surface area contributed by atoms with Gasteiger partial charge in [0.2, 0.25) is 0 Å². The van der Waals surface area contributed by atoms with Gasteiger partial charge in [-0.05, 0) is 36.8 Å². The maximum Gasteiger partial charge on any atom is 0.339 e. The van der Waals surface area contributed by atoms with Crippen molar-refractivity contribution in [3.05, 3.63) is 63.7 Å². The molecule has 116 valence electrons. The number of halogens is 1. The molecule has 0 spiro atoms. The highest BCUT2D eigenvalue weighted by atomic mass is 35.5. The first-order valence-electron chi connectivity index (χ1n) is 6.82. The molecule has 0 saturated carbocycles. The molecule has 0 aliphatic carbocycles. The van der Waals surface area contributed by atoms with Crippen molar-refractivity contribution in [2.45, 2.75) is 6.92 Å². The third-order valence-electron chi connectivity index (χ3n) is 3.73. The minimum absolute atomic E-state index is 0.119. The van der Waals surface area contributed by atoms with Crippen LogP contribution in [0.5, 0.6) is 0 Å². The molecule has 0 saturated heterocycles. The number of carbonyl (C=O) groups excluding carboxylic acids is 3. The summed E-state index contributed by atoms with van der Waals surface area (Å²) in [5, 5.41) is 0.119. The van der Waals surface area contributed by atoms with Crippen molar-refractivity contribution in [1.29, 1.82) is 0 Å². The lowest BCUT2D eigenvalue weighted by atomic mass is 10.1. The lowest BCUT2D eigenvalue weighted by molar-refractivity contribution is 0.0600. The van der Waals surface area contributed by atoms with Crippen molar-refractivity contribution in [2.75, 3.05) is 12.0 Å². The maximum absolute atomic E-state index is 12.5. The van der Waals surface area contributed by atoms with E-state index in [9.17, 15) is 14.4 Å². The number of ether oxygens (including phenoxy) is 1. The molecule has 0 bridgehead atoms. The Balaban J connectivity index is 2.11. The number of anilines is 1. The minimum Gasteiger partial charge on any atom is -0.465 e. The Labute approximate surface area is 137 Å². The lowest BCUT2D eigenvalue weighted by Crippen LogP contribution is -2.30. The molecule has 1 aliphatic rings. The quantitative estimate of drug-likeness (QED) is 0.627. The van der Waals surface area contributed by atoms with Crippen LogP contribution in [0.1, 0.15) is 36.6 Å². The summed E-state index contributed by atoms with van der Waals surface area (Å²) < 4.78 is 4.66. The van der Waals surface area contributed by atoms with E-state index in [1.54, 1.807) is 31.2 Å². The number of imide groups is 1. The Morgan fingerprint density at radius 3 is 2.17 bits per heavy atom. The molecule has 3 rings (SSSR count). The van der Waals surface area contributed by atoms with E-state index in [0.717, 1.165) is 4.90 Å². The second kappa shape index (κ2) is 5.52. The van der Waals surface area contributed by atoms with Crippen molar-refractivity contribution in [2.24, 2.45) is 0 Å². The summed E-state index contributed by atoms with van der Waals surface area (Å²) in [6, 6.07) is 9.56. The fourth-order valence-electron chi connectivity index (χ4n) is 2.59. The van der Waals surface area contributed by atoms with Crippen LogP contribution in [0, 0.1) is 6.92 Å². The van der Waals surface area contributed by atoms with Crippen LogP contribution in [0.3, 0.4) is 0 Å². The SMILES string of the molecule is COC(=O)c1cc(C)c(N2C(=O)c3ccccc3C2=O)cc1Cl. The molecule has 1 heterocycles. The Morgan fingerprint density at radius 2 is 1.65 bits per heavy atom. The smallest absolute Gasteiger partial charge is 0.339 e. The molecule has 2 aromatic carbocycles. The molecule has 6 heteroatoms. The standard InChI is InChI=1S/C17H12ClNO4/c1-9-7-12(17(22)23-2)13(18)8-14(9)19-15(20)10-5-3-4-6-11(10)16(19)21/h3-8H,1-2H3. The number of esters is 1. The molecular formula is C17H12ClNO4. The highest BCUT2D eigenvalue weighted by Crippen LogP contribution is 2.34. The normalized spacial score (nSPS) is 13.3. The number of hydrogen-bond donors (Lipinski definition) is 0. The third-order valence-corrected chi connectivity index (χ3v) is 4.04. The van der Waals surface area contributed by atoms with E-state index in [4.69, 9.17) is 11.6 Å². The van der Waals surface area contributed by atoms with Gasteiger partial charge in [0, 0.05) is 0 Å². The number of fused-ring (bicyclic) bond motifs is 1. The molecule has 0 radical (unpaired) electrons. The second-order valence-electron chi connectivity index (χ2n) is 5.10. The van der Waals surface area contributed by atoms with Crippen LogP contribution in [-0.4, -0.2) is 24.9 Å². The van der Waals surface area contributed by atoms with Gasteiger partial charge in [-0.1, -0.05) is 23.7 Å². The van der Waals surface area contributed by atoms with E-state index in [1.165, 1.54) is 19.2 Å². The number of hydrogen-bond acceptors (Lipinski definition) is 4. The first-order valence-corrected chi connectivity index (χ1v) is 7.19. The first kappa shape index (κ1) is 15.2. The van der Waals surface area contributed by atoms with Crippen LogP contribution in [0.15, 0.2) is 36.4 Å². The van der Waals surface area contributed by atoms with Gasteiger partial charge in [0.25, 0.3) is 11.8 Å². The van der Waals surface area contributed by atoms with Crippen LogP contribution in [0.25, 0.3) is 0 Å².